The van der Waals surface area contributed by atoms with Crippen LogP contribution in [-0.4, -0.2) is 21.2 Å². The van der Waals surface area contributed by atoms with Crippen LogP contribution in [0.2, 0.25) is 0 Å². The molecule has 0 aliphatic carbocycles. The average Bonchev–Trinajstić information content (AvgIpc) is 3.06. The van der Waals surface area contributed by atoms with Crippen molar-refractivity contribution in [3.05, 3.63) is 70.5 Å². The van der Waals surface area contributed by atoms with E-state index in [9.17, 15) is 9.59 Å². The molecule has 0 unspecified atom stereocenters. The average molecular weight is 335 g/mol. The van der Waals surface area contributed by atoms with Gasteiger partial charge in [0.1, 0.15) is 5.52 Å². The van der Waals surface area contributed by atoms with Crippen LogP contribution in [0.4, 0.5) is 0 Å². The Bertz CT molecular complexity index is 1100. The minimum atomic E-state index is -0.480. The van der Waals surface area contributed by atoms with Gasteiger partial charge in [-0.3, -0.25) is 9.59 Å². The lowest BCUT2D eigenvalue weighted by Gasteiger charge is -2.05. The van der Waals surface area contributed by atoms with Crippen LogP contribution in [0.25, 0.3) is 21.9 Å². The molecular weight excluding hydrogens is 322 g/mol. The first kappa shape index (κ1) is 15.1. The lowest BCUT2D eigenvalue weighted by atomic mass is 10.1. The number of hydrogen-bond acceptors (Lipinski definition) is 6. The molecule has 0 fully saturated rings. The van der Waals surface area contributed by atoms with Gasteiger partial charge < -0.3 is 9.15 Å². The largest absolute Gasteiger partial charge is 0.455 e. The lowest BCUT2D eigenvalue weighted by molar-refractivity contribution is -0.144. The molecule has 2 aromatic heterocycles. The molecule has 0 aliphatic rings. The highest BCUT2D eigenvalue weighted by molar-refractivity contribution is 5.86. The summed E-state index contributed by atoms with van der Waals surface area (Å²) in [5.74, 6) is -0.152. The summed E-state index contributed by atoms with van der Waals surface area (Å²) in [5.41, 5.74) is 1.51. The molecule has 0 atom stereocenters. The number of fused-ring (bicyclic) bond motifs is 2. The van der Waals surface area contributed by atoms with Crippen LogP contribution in [0.5, 0.6) is 0 Å². The van der Waals surface area contributed by atoms with Gasteiger partial charge in [-0.15, -0.1) is 0 Å². The van der Waals surface area contributed by atoms with E-state index in [4.69, 9.17) is 9.15 Å². The molecule has 1 N–H and O–H groups in total. The number of nitrogens with zero attached hydrogens (tertiary/aromatic N) is 2. The van der Waals surface area contributed by atoms with Crippen molar-refractivity contribution < 1.29 is 13.9 Å². The molecule has 0 saturated carbocycles. The number of nitrogens with one attached hydrogen (secondary N) is 1. The van der Waals surface area contributed by atoms with Crippen LogP contribution >= 0.6 is 0 Å². The number of ether oxygens (including phenoxy) is 1. The standard InChI is InChI=1S/C18H13N3O4/c22-17(24-10-16-19-13-7-3-4-8-15(13)25-16)9-14-11-5-1-2-6-12(11)18(23)21-20-14/h1-8H,9-10H2,(H,21,23). The van der Waals surface area contributed by atoms with Gasteiger partial charge in [-0.1, -0.05) is 30.3 Å². The fourth-order valence-electron chi connectivity index (χ4n) is 2.62. The second-order valence-electron chi connectivity index (χ2n) is 5.46. The van der Waals surface area contributed by atoms with Crippen molar-refractivity contribution in [2.45, 2.75) is 13.0 Å². The summed E-state index contributed by atoms with van der Waals surface area (Å²) < 4.78 is 10.7. The number of aromatic amines is 1. The second-order valence-corrected chi connectivity index (χ2v) is 5.46. The third-order valence-corrected chi connectivity index (χ3v) is 3.78. The number of carbonyl (C=O) groups excluding carboxylic acids is 1. The smallest absolute Gasteiger partial charge is 0.312 e. The first-order valence-corrected chi connectivity index (χ1v) is 7.67. The number of rotatable bonds is 4. The molecule has 7 nitrogen and oxygen atoms in total. The van der Waals surface area contributed by atoms with E-state index in [2.05, 4.69) is 15.2 Å². The number of hydrogen-bond donors (Lipinski definition) is 1. The molecule has 0 spiro atoms. The van der Waals surface area contributed by atoms with Crippen molar-refractivity contribution in [3.8, 4) is 0 Å². The fraction of sp³-hybridized carbons (Fsp3) is 0.111. The second kappa shape index (κ2) is 6.20. The third-order valence-electron chi connectivity index (χ3n) is 3.78. The Morgan fingerprint density at radius 1 is 1.08 bits per heavy atom. The van der Waals surface area contributed by atoms with Crippen molar-refractivity contribution in [2.24, 2.45) is 0 Å². The number of H-pyrrole nitrogens is 1. The molecule has 25 heavy (non-hydrogen) atoms. The third kappa shape index (κ3) is 2.99. The van der Waals surface area contributed by atoms with Crippen molar-refractivity contribution in [3.63, 3.8) is 0 Å². The maximum Gasteiger partial charge on any atom is 0.312 e. The Morgan fingerprint density at radius 2 is 1.84 bits per heavy atom. The maximum absolute atomic E-state index is 12.1. The Kier molecular flexibility index (Phi) is 3.74. The highest BCUT2D eigenvalue weighted by atomic mass is 16.5. The van der Waals surface area contributed by atoms with Crippen LogP contribution in [0.15, 0.2) is 57.7 Å². The van der Waals surface area contributed by atoms with E-state index in [1.165, 1.54) is 0 Å². The molecule has 2 aromatic carbocycles. The van der Waals surface area contributed by atoms with Crippen molar-refractivity contribution in [1.29, 1.82) is 0 Å². The Hall–Kier alpha value is -3.48. The van der Waals surface area contributed by atoms with Crippen LogP contribution in [0.1, 0.15) is 11.6 Å². The predicted octanol–water partition coefficient (Wildman–Crippen LogP) is 2.35. The van der Waals surface area contributed by atoms with Gasteiger partial charge in [0, 0.05) is 5.39 Å². The van der Waals surface area contributed by atoms with E-state index in [0.29, 0.717) is 33.5 Å². The van der Waals surface area contributed by atoms with Gasteiger partial charge in [-0.25, -0.2) is 10.1 Å². The van der Waals surface area contributed by atoms with E-state index in [0.717, 1.165) is 0 Å². The summed E-state index contributed by atoms with van der Waals surface area (Å²) in [7, 11) is 0. The first-order valence-electron chi connectivity index (χ1n) is 7.67. The van der Waals surface area contributed by atoms with Crippen LogP contribution in [-0.2, 0) is 22.6 Å². The summed E-state index contributed by atoms with van der Waals surface area (Å²) in [6.07, 6.45) is -0.0580. The van der Waals surface area contributed by atoms with Gasteiger partial charge >= 0.3 is 5.97 Å². The van der Waals surface area contributed by atoms with Crippen LogP contribution in [0.3, 0.4) is 0 Å². The zero-order valence-corrected chi connectivity index (χ0v) is 13.1. The number of benzene rings is 2. The molecule has 124 valence electrons. The quantitative estimate of drug-likeness (QED) is 0.575. The Morgan fingerprint density at radius 3 is 2.68 bits per heavy atom. The van der Waals surface area contributed by atoms with Crippen molar-refractivity contribution in [2.75, 3.05) is 0 Å². The Labute approximate surface area is 141 Å². The van der Waals surface area contributed by atoms with Gasteiger partial charge in [0.15, 0.2) is 12.2 Å². The summed E-state index contributed by atoms with van der Waals surface area (Å²) in [6, 6.07) is 14.3. The zero-order chi connectivity index (χ0) is 17.2. The number of esters is 1. The molecule has 0 bridgehead atoms. The van der Waals surface area contributed by atoms with Crippen molar-refractivity contribution in [1.82, 2.24) is 15.2 Å². The molecule has 4 rings (SSSR count). The number of carbonyl (C=O) groups is 1. The maximum atomic E-state index is 12.1. The SMILES string of the molecule is O=C(Cc1n[nH]c(=O)c2ccccc12)OCc1nc2ccccc2o1. The van der Waals surface area contributed by atoms with E-state index >= 15 is 0 Å². The summed E-state index contributed by atoms with van der Waals surface area (Å²) >= 11 is 0. The highest BCUT2D eigenvalue weighted by Gasteiger charge is 2.13. The summed E-state index contributed by atoms with van der Waals surface area (Å²) in [4.78, 5) is 28.1. The summed E-state index contributed by atoms with van der Waals surface area (Å²) in [5, 5.41) is 7.47. The van der Waals surface area contributed by atoms with E-state index < -0.39 is 5.97 Å². The van der Waals surface area contributed by atoms with E-state index in [1.807, 2.05) is 18.2 Å². The number of aromatic nitrogens is 3. The lowest BCUT2D eigenvalue weighted by Crippen LogP contribution is -2.15. The van der Waals surface area contributed by atoms with Gasteiger partial charge in [-0.2, -0.15) is 5.10 Å². The zero-order valence-electron chi connectivity index (χ0n) is 13.1. The molecule has 0 amide bonds. The Balaban J connectivity index is 1.49. The predicted molar refractivity (Wildman–Crippen MR) is 89.9 cm³/mol. The number of oxazole rings is 1. The van der Waals surface area contributed by atoms with Crippen LogP contribution in [0, 0.1) is 0 Å². The topological polar surface area (TPSA) is 98.1 Å². The van der Waals surface area contributed by atoms with Crippen LogP contribution < -0.4 is 5.56 Å². The van der Waals surface area contributed by atoms with Gasteiger partial charge in [0.25, 0.3) is 5.56 Å². The molecule has 7 heteroatoms. The minimum absolute atomic E-state index is 0.0580. The van der Waals surface area contributed by atoms with Crippen molar-refractivity contribution >= 4 is 27.8 Å². The molecule has 4 aromatic rings. The van der Waals surface area contributed by atoms with E-state index in [-0.39, 0.29) is 18.6 Å². The normalized spacial score (nSPS) is 11.0. The molecule has 0 saturated heterocycles. The summed E-state index contributed by atoms with van der Waals surface area (Å²) in [6.45, 7) is -0.0607. The first-order chi connectivity index (χ1) is 12.2. The fourth-order valence-corrected chi connectivity index (χ4v) is 2.62. The molecular formula is C18H13N3O4. The molecule has 0 radical (unpaired) electrons. The van der Waals surface area contributed by atoms with Gasteiger partial charge in [0.2, 0.25) is 5.89 Å². The molecule has 0 aliphatic heterocycles. The molecule has 2 heterocycles. The van der Waals surface area contributed by atoms with Gasteiger partial charge in [-0.05, 0) is 18.2 Å². The monoisotopic (exact) mass is 335 g/mol. The minimum Gasteiger partial charge on any atom is -0.455 e. The highest BCUT2D eigenvalue weighted by Crippen LogP contribution is 2.16. The van der Waals surface area contributed by atoms with E-state index in [1.54, 1.807) is 30.3 Å². The number of para-hydroxylation sites is 2. The van der Waals surface area contributed by atoms with Gasteiger partial charge in [0.05, 0.1) is 17.5 Å².